The van der Waals surface area contributed by atoms with Gasteiger partial charge in [0.1, 0.15) is 11.9 Å². The smallest absolute Gasteiger partial charge is 0.242 e. The summed E-state index contributed by atoms with van der Waals surface area (Å²) in [5, 5.41) is 3.59. The van der Waals surface area contributed by atoms with Crippen LogP contribution >= 0.6 is 35.0 Å². The number of benzene rings is 2. The number of nitrogens with zero attached hydrogens (tertiary/aromatic N) is 1. The summed E-state index contributed by atoms with van der Waals surface area (Å²) in [6, 6.07) is 10.8. The number of nitrogens with one attached hydrogen (secondary N) is 1. The van der Waals surface area contributed by atoms with Gasteiger partial charge in [0.25, 0.3) is 0 Å². The Kier molecular flexibility index (Phi) is 9.27. The molecule has 0 saturated carbocycles. The van der Waals surface area contributed by atoms with Crippen molar-refractivity contribution >= 4 is 46.8 Å². The van der Waals surface area contributed by atoms with Gasteiger partial charge in [-0.25, -0.2) is 4.39 Å². The van der Waals surface area contributed by atoms with Crippen LogP contribution in [0.15, 0.2) is 42.5 Å². The minimum Gasteiger partial charge on any atom is -0.355 e. The molecule has 4 nitrogen and oxygen atoms in total. The fourth-order valence-corrected chi connectivity index (χ4v) is 4.12. The van der Waals surface area contributed by atoms with Crippen LogP contribution in [-0.4, -0.2) is 35.1 Å². The van der Waals surface area contributed by atoms with E-state index in [9.17, 15) is 14.0 Å². The molecule has 156 valence electrons. The van der Waals surface area contributed by atoms with Crippen molar-refractivity contribution in [2.45, 2.75) is 32.2 Å². The Labute approximate surface area is 184 Å². The van der Waals surface area contributed by atoms with Crippen LogP contribution in [0.3, 0.4) is 0 Å². The molecule has 8 heteroatoms. The fraction of sp³-hybridized carbons (Fsp3) is 0.333. The molecule has 0 aromatic heterocycles. The van der Waals surface area contributed by atoms with Gasteiger partial charge in [-0.15, -0.1) is 11.8 Å². The first-order chi connectivity index (χ1) is 13.8. The van der Waals surface area contributed by atoms with E-state index >= 15 is 0 Å². The molecule has 0 aliphatic carbocycles. The molecule has 0 aliphatic heterocycles. The Balaban J connectivity index is 2.14. The van der Waals surface area contributed by atoms with E-state index < -0.39 is 6.04 Å². The molecular weight excluding hydrogens is 434 g/mol. The number of hydrogen-bond acceptors (Lipinski definition) is 3. The zero-order valence-corrected chi connectivity index (χ0v) is 18.6. The van der Waals surface area contributed by atoms with Gasteiger partial charge in [-0.2, -0.15) is 0 Å². The van der Waals surface area contributed by atoms with Crippen LogP contribution in [-0.2, 0) is 21.9 Å². The average Bonchev–Trinajstić information content (AvgIpc) is 2.69. The number of hydrogen-bond donors (Lipinski definition) is 1. The minimum atomic E-state index is -0.705. The Bertz CT molecular complexity index is 846. The summed E-state index contributed by atoms with van der Waals surface area (Å²) in [6.07, 6.45) is 0. The molecule has 1 atom stereocenters. The lowest BCUT2D eigenvalue weighted by atomic mass is 10.1. The Morgan fingerprint density at radius 1 is 1.14 bits per heavy atom. The summed E-state index contributed by atoms with van der Waals surface area (Å²) >= 11 is 13.8. The molecule has 0 bridgehead atoms. The number of halogens is 3. The Hall–Kier alpha value is -1.76. The maximum absolute atomic E-state index is 13.8. The van der Waals surface area contributed by atoms with Crippen LogP contribution in [0.1, 0.15) is 25.0 Å². The van der Waals surface area contributed by atoms with Crippen LogP contribution in [0.4, 0.5) is 4.39 Å². The zero-order valence-electron chi connectivity index (χ0n) is 16.3. The molecule has 2 amide bonds. The highest BCUT2D eigenvalue weighted by atomic mass is 35.5. The number of thioether (sulfide) groups is 1. The molecule has 0 heterocycles. The summed E-state index contributed by atoms with van der Waals surface area (Å²) in [5.41, 5.74) is 1.11. The second kappa shape index (κ2) is 11.4. The van der Waals surface area contributed by atoms with Gasteiger partial charge in [-0.05, 0) is 37.6 Å². The molecule has 2 rings (SSSR count). The van der Waals surface area contributed by atoms with Gasteiger partial charge in [0.15, 0.2) is 0 Å². The molecule has 0 saturated heterocycles. The molecule has 29 heavy (non-hydrogen) atoms. The van der Waals surface area contributed by atoms with E-state index in [1.54, 1.807) is 43.3 Å². The lowest BCUT2D eigenvalue weighted by Gasteiger charge is -2.29. The third-order valence-corrected chi connectivity index (χ3v) is 6.02. The molecule has 0 radical (unpaired) electrons. The highest BCUT2D eigenvalue weighted by Crippen LogP contribution is 2.27. The molecule has 2 aromatic rings. The molecule has 0 spiro atoms. The first-order valence-corrected chi connectivity index (χ1v) is 11.1. The van der Waals surface area contributed by atoms with Gasteiger partial charge < -0.3 is 10.2 Å². The summed E-state index contributed by atoms with van der Waals surface area (Å²) in [6.45, 7) is 4.04. The van der Waals surface area contributed by atoms with Gasteiger partial charge in [-0.3, -0.25) is 9.59 Å². The zero-order chi connectivity index (χ0) is 21.4. The topological polar surface area (TPSA) is 49.4 Å². The minimum absolute atomic E-state index is 0.0974. The first-order valence-electron chi connectivity index (χ1n) is 9.16. The van der Waals surface area contributed by atoms with Gasteiger partial charge in [0.2, 0.25) is 11.8 Å². The molecule has 0 fully saturated rings. The number of carbonyl (C=O) groups excluding carboxylic acids is 2. The molecule has 0 aliphatic rings. The first kappa shape index (κ1) is 23.5. The third kappa shape index (κ3) is 6.63. The predicted octanol–water partition coefficient (Wildman–Crippen LogP) is 4.92. The van der Waals surface area contributed by atoms with E-state index in [-0.39, 0.29) is 29.9 Å². The molecule has 1 N–H and O–H groups in total. The molecular formula is C21H23Cl2FN2O2S. The number of likely N-dealkylation sites (N-methyl/N-ethyl adjacent to an activating group) is 1. The summed E-state index contributed by atoms with van der Waals surface area (Å²) in [7, 11) is 0. The van der Waals surface area contributed by atoms with Crippen molar-refractivity contribution in [1.82, 2.24) is 10.2 Å². The van der Waals surface area contributed by atoms with Crippen LogP contribution in [0.25, 0.3) is 0 Å². The van der Waals surface area contributed by atoms with E-state index in [1.807, 2.05) is 6.92 Å². The largest absolute Gasteiger partial charge is 0.355 e. The van der Waals surface area contributed by atoms with Crippen LogP contribution in [0.5, 0.6) is 0 Å². The standard InChI is InChI=1S/C21H23Cl2FN2O2S/c1-3-25-21(28)14(2)26(11-16-17(22)8-6-9-18(16)23)20(27)13-29-12-15-7-4-5-10-19(15)24/h4-10,14H,3,11-13H2,1-2H3,(H,25,28). The van der Waals surface area contributed by atoms with Crippen LogP contribution < -0.4 is 5.32 Å². The molecule has 2 aromatic carbocycles. The summed E-state index contributed by atoms with van der Waals surface area (Å²) in [4.78, 5) is 26.8. The highest BCUT2D eigenvalue weighted by molar-refractivity contribution is 7.99. The van der Waals surface area contributed by atoms with Crippen LogP contribution in [0.2, 0.25) is 10.0 Å². The highest BCUT2D eigenvalue weighted by Gasteiger charge is 2.27. The van der Waals surface area contributed by atoms with Gasteiger partial charge in [-0.1, -0.05) is 47.5 Å². The average molecular weight is 457 g/mol. The van der Waals surface area contributed by atoms with E-state index in [0.29, 0.717) is 33.5 Å². The van der Waals surface area contributed by atoms with Crippen molar-refractivity contribution in [2.24, 2.45) is 0 Å². The van der Waals surface area contributed by atoms with E-state index in [1.165, 1.54) is 22.7 Å². The van der Waals surface area contributed by atoms with E-state index in [2.05, 4.69) is 5.32 Å². The van der Waals surface area contributed by atoms with Crippen molar-refractivity contribution in [3.05, 3.63) is 69.5 Å². The van der Waals surface area contributed by atoms with Crippen molar-refractivity contribution in [1.29, 1.82) is 0 Å². The quantitative estimate of drug-likeness (QED) is 0.582. The lowest BCUT2D eigenvalue weighted by Crippen LogP contribution is -2.48. The number of amides is 2. The predicted molar refractivity (Wildman–Crippen MR) is 118 cm³/mol. The van der Waals surface area contributed by atoms with E-state index in [0.717, 1.165) is 0 Å². The van der Waals surface area contributed by atoms with Crippen LogP contribution in [0, 0.1) is 5.82 Å². The SMILES string of the molecule is CCNC(=O)C(C)N(Cc1c(Cl)cccc1Cl)C(=O)CSCc1ccccc1F. The monoisotopic (exact) mass is 456 g/mol. The normalized spacial score (nSPS) is 11.8. The fourth-order valence-electron chi connectivity index (χ4n) is 2.70. The van der Waals surface area contributed by atoms with Crippen molar-refractivity contribution in [2.75, 3.05) is 12.3 Å². The third-order valence-electron chi connectivity index (χ3n) is 4.35. The number of carbonyl (C=O) groups is 2. The van der Waals surface area contributed by atoms with Gasteiger partial charge in [0, 0.05) is 34.5 Å². The lowest BCUT2D eigenvalue weighted by molar-refractivity contribution is -0.138. The van der Waals surface area contributed by atoms with E-state index in [4.69, 9.17) is 23.2 Å². The van der Waals surface area contributed by atoms with Gasteiger partial charge >= 0.3 is 0 Å². The Morgan fingerprint density at radius 2 is 1.79 bits per heavy atom. The second-order valence-corrected chi connectivity index (χ2v) is 8.18. The van der Waals surface area contributed by atoms with Crippen molar-refractivity contribution in [3.63, 3.8) is 0 Å². The second-order valence-electron chi connectivity index (χ2n) is 6.38. The molecule has 1 unspecified atom stereocenters. The summed E-state index contributed by atoms with van der Waals surface area (Å²) in [5.74, 6) is -0.360. The Morgan fingerprint density at radius 3 is 2.41 bits per heavy atom. The maximum Gasteiger partial charge on any atom is 0.242 e. The van der Waals surface area contributed by atoms with Crippen molar-refractivity contribution < 1.29 is 14.0 Å². The number of rotatable bonds is 9. The summed E-state index contributed by atoms with van der Waals surface area (Å²) < 4.78 is 13.8. The van der Waals surface area contributed by atoms with Gasteiger partial charge in [0.05, 0.1) is 5.75 Å². The van der Waals surface area contributed by atoms with Crippen molar-refractivity contribution in [3.8, 4) is 0 Å². The maximum atomic E-state index is 13.8.